The summed E-state index contributed by atoms with van der Waals surface area (Å²) in [6.07, 6.45) is -8.68. The van der Waals surface area contributed by atoms with Crippen molar-refractivity contribution in [2.24, 2.45) is 16.2 Å². The molecule has 6 atom stereocenters. The number of anilines is 2. The maximum absolute atomic E-state index is 14.2. The van der Waals surface area contributed by atoms with E-state index in [0.717, 1.165) is 5.56 Å². The highest BCUT2D eigenvalue weighted by atomic mass is 16.7. The number of carboxylic acid groups (broad SMARTS) is 1. The van der Waals surface area contributed by atoms with Crippen molar-refractivity contribution in [3.63, 3.8) is 0 Å². The van der Waals surface area contributed by atoms with E-state index in [1.54, 1.807) is 128 Å². The van der Waals surface area contributed by atoms with E-state index in [0.29, 0.717) is 40.9 Å². The number of hydrogen-bond donors (Lipinski definition) is 2. The summed E-state index contributed by atoms with van der Waals surface area (Å²) < 4.78 is 30.5. The molecule has 5 rings (SSSR count). The summed E-state index contributed by atoms with van der Waals surface area (Å²) in [5.74, 6) is -4.44. The van der Waals surface area contributed by atoms with Crippen molar-refractivity contribution in [3.8, 4) is 0 Å². The number of esters is 3. The molecule has 3 aromatic carbocycles. The van der Waals surface area contributed by atoms with E-state index < -0.39 is 76.9 Å². The molecule has 322 valence electrons. The van der Waals surface area contributed by atoms with Gasteiger partial charge in [-0.05, 0) is 124 Å². The lowest BCUT2D eigenvalue weighted by molar-refractivity contribution is -0.314. The number of hydrogen-bond acceptors (Lipinski definition) is 11. The number of carbonyl (C=O) groups excluding carboxylic acids is 5. The van der Waals surface area contributed by atoms with Gasteiger partial charge in [-0.1, -0.05) is 36.4 Å². The van der Waals surface area contributed by atoms with Crippen molar-refractivity contribution >= 4 is 47.1 Å². The third kappa shape index (κ3) is 10.6. The first-order valence-electron chi connectivity index (χ1n) is 20.0. The summed E-state index contributed by atoms with van der Waals surface area (Å²) >= 11 is 0. The third-order valence-corrected chi connectivity index (χ3v) is 10.1. The van der Waals surface area contributed by atoms with Crippen LogP contribution in [0.5, 0.6) is 0 Å². The predicted molar refractivity (Wildman–Crippen MR) is 221 cm³/mol. The lowest BCUT2D eigenvalue weighted by atomic mass is 9.93. The van der Waals surface area contributed by atoms with Crippen LogP contribution in [0.2, 0.25) is 0 Å². The fourth-order valence-electron chi connectivity index (χ4n) is 6.52. The summed E-state index contributed by atoms with van der Waals surface area (Å²) in [7, 11) is 0. The number of rotatable bonds is 9. The SMILES string of the molecule is Cc1ccccc1C(=O)Nc1ccc(C(=O)N2CCC[C@H](O[C@@H]3O[C@H](C(=O)O)[C@@H](OC(=O)C(C)(C)C)[C@H](OC(=O)C(C)(C)C)[C@H]3OC(=O)C(C)(C)C)c3ccccc32)cc1. The zero-order valence-electron chi connectivity index (χ0n) is 35.9. The molecule has 0 aromatic heterocycles. The van der Waals surface area contributed by atoms with Crippen molar-refractivity contribution in [1.29, 1.82) is 0 Å². The molecule has 2 aliphatic rings. The molecule has 60 heavy (non-hydrogen) atoms. The number of aryl methyl sites for hydroxylation is 1. The van der Waals surface area contributed by atoms with Crippen molar-refractivity contribution in [3.05, 3.63) is 95.1 Å². The van der Waals surface area contributed by atoms with E-state index in [2.05, 4.69) is 5.32 Å². The Bertz CT molecular complexity index is 2090. The fraction of sp³-hybridized carbons (Fsp3) is 0.478. The quantitative estimate of drug-likeness (QED) is 0.161. The summed E-state index contributed by atoms with van der Waals surface area (Å²) in [6.45, 7) is 16.5. The van der Waals surface area contributed by atoms with Gasteiger partial charge in [-0.2, -0.15) is 0 Å². The predicted octanol–water partition coefficient (Wildman–Crippen LogP) is 7.43. The zero-order valence-corrected chi connectivity index (χ0v) is 35.9. The topological polar surface area (TPSA) is 184 Å². The first-order chi connectivity index (χ1) is 28.0. The Hall–Kier alpha value is -5.60. The van der Waals surface area contributed by atoms with Crippen LogP contribution in [0.15, 0.2) is 72.8 Å². The van der Waals surface area contributed by atoms with Crippen LogP contribution in [0.1, 0.15) is 113 Å². The van der Waals surface area contributed by atoms with Gasteiger partial charge in [0.1, 0.15) is 0 Å². The number of fused-ring (bicyclic) bond motifs is 1. The summed E-state index contributed by atoms with van der Waals surface area (Å²) in [5.41, 5.74) is 0.0515. The van der Waals surface area contributed by atoms with Crippen LogP contribution in [0.3, 0.4) is 0 Å². The van der Waals surface area contributed by atoms with Gasteiger partial charge in [0.15, 0.2) is 24.4 Å². The number of carbonyl (C=O) groups is 6. The van der Waals surface area contributed by atoms with Gasteiger partial charge in [0.05, 0.1) is 22.3 Å². The Morgan fingerprint density at radius 3 is 1.80 bits per heavy atom. The summed E-state index contributed by atoms with van der Waals surface area (Å²) in [4.78, 5) is 82.1. The van der Waals surface area contributed by atoms with Crippen LogP contribution in [0, 0.1) is 23.2 Å². The monoisotopic (exact) mass is 828 g/mol. The van der Waals surface area contributed by atoms with Gasteiger partial charge in [0.25, 0.3) is 11.8 Å². The summed E-state index contributed by atoms with van der Waals surface area (Å²) in [6, 6.07) is 20.9. The van der Waals surface area contributed by atoms with E-state index >= 15 is 0 Å². The van der Waals surface area contributed by atoms with Gasteiger partial charge in [0.2, 0.25) is 6.29 Å². The lowest BCUT2D eigenvalue weighted by Gasteiger charge is -2.45. The molecule has 2 amide bonds. The van der Waals surface area contributed by atoms with Gasteiger partial charge < -0.3 is 39.0 Å². The average Bonchev–Trinajstić information content (AvgIpc) is 3.34. The highest BCUT2D eigenvalue weighted by Crippen LogP contribution is 2.41. The lowest BCUT2D eigenvalue weighted by Crippen LogP contribution is -2.65. The number of aliphatic carboxylic acids is 1. The van der Waals surface area contributed by atoms with Gasteiger partial charge in [-0.15, -0.1) is 0 Å². The molecule has 2 heterocycles. The molecule has 0 radical (unpaired) electrons. The van der Waals surface area contributed by atoms with Crippen molar-refractivity contribution in [1.82, 2.24) is 0 Å². The third-order valence-electron chi connectivity index (χ3n) is 10.1. The number of amides is 2. The highest BCUT2D eigenvalue weighted by molar-refractivity contribution is 6.08. The van der Waals surface area contributed by atoms with Crippen molar-refractivity contribution in [2.45, 2.75) is 119 Å². The van der Waals surface area contributed by atoms with Crippen LogP contribution in [0.4, 0.5) is 11.4 Å². The number of ether oxygens (including phenoxy) is 5. The molecule has 14 nitrogen and oxygen atoms in total. The Labute approximate surface area is 350 Å². The van der Waals surface area contributed by atoms with E-state index in [4.69, 9.17) is 23.7 Å². The molecule has 1 fully saturated rings. The molecule has 1 saturated heterocycles. The Morgan fingerprint density at radius 1 is 0.700 bits per heavy atom. The van der Waals surface area contributed by atoms with Gasteiger partial charge in [0, 0.05) is 34.6 Å². The molecular formula is C46H56N2O12. The van der Waals surface area contributed by atoms with Crippen LogP contribution in [-0.4, -0.2) is 78.0 Å². The zero-order chi connectivity index (χ0) is 44.3. The fourth-order valence-corrected chi connectivity index (χ4v) is 6.52. The molecule has 0 unspecified atom stereocenters. The maximum atomic E-state index is 14.2. The van der Waals surface area contributed by atoms with Crippen LogP contribution in [0.25, 0.3) is 0 Å². The van der Waals surface area contributed by atoms with E-state index in [1.807, 2.05) is 19.1 Å². The van der Waals surface area contributed by atoms with Crippen LogP contribution < -0.4 is 10.2 Å². The molecular weight excluding hydrogens is 773 g/mol. The minimum atomic E-state index is -1.91. The van der Waals surface area contributed by atoms with E-state index in [1.165, 1.54) is 0 Å². The minimum absolute atomic E-state index is 0.271. The maximum Gasteiger partial charge on any atom is 0.337 e. The first kappa shape index (κ1) is 45.5. The van der Waals surface area contributed by atoms with Crippen molar-refractivity contribution in [2.75, 3.05) is 16.8 Å². The Morgan fingerprint density at radius 2 is 1.23 bits per heavy atom. The van der Waals surface area contributed by atoms with Crippen molar-refractivity contribution < 1.29 is 57.6 Å². The molecule has 3 aromatic rings. The standard InChI is InChI=1S/C46H56N2O12/c1-26-16-11-12-17-29(26)37(49)47-28-23-21-27(22-24-28)38(50)48-25-15-20-32(30-18-13-14-19-31(30)48)56-40-36(60-43(55)46(8,9)10)34(59-42(54)45(5,6)7)33(35(57-40)39(51)52)58-41(53)44(2,3)4/h11-14,16-19,21-24,32-36,40H,15,20,25H2,1-10H3,(H,47,49)(H,51,52)/t32-,33-,34-,35-,36+,40+/m0/s1. The number of carboxylic acids is 1. The smallest absolute Gasteiger partial charge is 0.337 e. The second kappa shape index (κ2) is 17.9. The Kier molecular flexibility index (Phi) is 13.6. The second-order valence-electron chi connectivity index (χ2n) is 18.3. The molecule has 0 spiro atoms. The number of benzene rings is 3. The summed E-state index contributed by atoms with van der Waals surface area (Å²) in [5, 5.41) is 13.4. The van der Waals surface area contributed by atoms with E-state index in [9.17, 15) is 33.9 Å². The largest absolute Gasteiger partial charge is 0.479 e. The molecule has 2 N–H and O–H groups in total. The van der Waals surface area contributed by atoms with Crippen LogP contribution >= 0.6 is 0 Å². The molecule has 14 heteroatoms. The second-order valence-corrected chi connectivity index (χ2v) is 18.3. The van der Waals surface area contributed by atoms with Gasteiger partial charge in [-0.3, -0.25) is 24.0 Å². The van der Waals surface area contributed by atoms with E-state index in [-0.39, 0.29) is 18.4 Å². The Balaban J connectivity index is 1.48. The van der Waals surface area contributed by atoms with Gasteiger partial charge >= 0.3 is 23.9 Å². The molecule has 0 bridgehead atoms. The number of para-hydroxylation sites is 1. The normalized spacial score (nSPS) is 22.1. The van der Waals surface area contributed by atoms with Gasteiger partial charge in [-0.25, -0.2) is 4.79 Å². The highest BCUT2D eigenvalue weighted by Gasteiger charge is 2.57. The first-order valence-corrected chi connectivity index (χ1v) is 20.0. The minimum Gasteiger partial charge on any atom is -0.479 e. The molecule has 0 saturated carbocycles. The molecule has 2 aliphatic heterocycles. The van der Waals surface area contributed by atoms with Crippen LogP contribution in [-0.2, 0) is 42.9 Å². The number of nitrogens with zero attached hydrogens (tertiary/aromatic N) is 1. The molecule has 0 aliphatic carbocycles. The number of nitrogens with one attached hydrogen (secondary N) is 1. The average molecular weight is 829 g/mol.